The van der Waals surface area contributed by atoms with Crippen LogP contribution < -0.4 is 19.7 Å². The van der Waals surface area contributed by atoms with E-state index in [1.165, 1.54) is 36.9 Å². The van der Waals surface area contributed by atoms with E-state index in [4.69, 9.17) is 30.5 Å². The highest BCUT2D eigenvalue weighted by Gasteiger charge is 2.60. The van der Waals surface area contributed by atoms with Crippen molar-refractivity contribution in [3.8, 4) is 11.5 Å². The number of hydrogen-bond donors (Lipinski definition) is 1. The summed E-state index contributed by atoms with van der Waals surface area (Å²) in [6, 6.07) is 13.0. The summed E-state index contributed by atoms with van der Waals surface area (Å²) >= 11 is 6.25. The van der Waals surface area contributed by atoms with Gasteiger partial charge in [0.2, 0.25) is 0 Å². The molecule has 1 N–H and O–H groups in total. The van der Waals surface area contributed by atoms with Gasteiger partial charge < -0.3 is 24.3 Å². The SMILES string of the molecule is COC(=O)[C@H]1C[C@@H](Oc2ccc3c(c2)C2(CCC(C(=O)OC)(N(C(=O)C(F)(F)F)c4cccc(Cl)c4)CC2)[C@@H](C[C@@H](C)COc2ccnc4c2[C@H](C)CCC4)C3)CN1. The highest BCUT2D eigenvalue weighted by Crippen LogP contribution is 2.58. The quantitative estimate of drug-likeness (QED) is 0.192. The molecule has 4 aliphatic rings. The molecule has 10 nitrogen and oxygen atoms in total. The lowest BCUT2D eigenvalue weighted by atomic mass is 9.59. The predicted octanol–water partition coefficient (Wildman–Crippen LogP) is 8.05. The van der Waals surface area contributed by atoms with Gasteiger partial charge >= 0.3 is 24.0 Å². The Morgan fingerprint density at radius 2 is 1.83 bits per heavy atom. The Kier molecular flexibility index (Phi) is 12.0. The van der Waals surface area contributed by atoms with Crippen molar-refractivity contribution in [2.24, 2.45) is 11.8 Å². The van der Waals surface area contributed by atoms with Crippen LogP contribution in [0.1, 0.15) is 93.5 Å². The topological polar surface area (TPSA) is 116 Å². The monoisotopic (exact) mass is 825 g/mol. The number of carbonyl (C=O) groups is 3. The van der Waals surface area contributed by atoms with Crippen molar-refractivity contribution in [2.75, 3.05) is 32.3 Å². The van der Waals surface area contributed by atoms with Gasteiger partial charge in [-0.3, -0.25) is 19.5 Å². The number of benzene rings is 2. The van der Waals surface area contributed by atoms with Gasteiger partial charge in [0.05, 0.1) is 20.8 Å². The lowest BCUT2D eigenvalue weighted by Gasteiger charge is -2.51. The Bertz CT molecular complexity index is 2020. The number of ether oxygens (including phenoxy) is 4. The Morgan fingerprint density at radius 1 is 1.05 bits per heavy atom. The number of aryl methyl sites for hydroxylation is 1. The molecule has 7 rings (SSSR count). The van der Waals surface area contributed by atoms with E-state index in [-0.39, 0.29) is 47.5 Å². The first kappa shape index (κ1) is 41.8. The first-order chi connectivity index (χ1) is 27.7. The summed E-state index contributed by atoms with van der Waals surface area (Å²) in [7, 11) is 2.48. The maximum Gasteiger partial charge on any atom is 0.471 e. The van der Waals surface area contributed by atoms with Gasteiger partial charge in [-0.25, -0.2) is 4.79 Å². The van der Waals surface area contributed by atoms with E-state index in [2.05, 4.69) is 24.1 Å². The number of aromatic nitrogens is 1. The zero-order chi connectivity index (χ0) is 41.4. The fourth-order valence-electron chi connectivity index (χ4n) is 10.2. The molecular weight excluding hydrogens is 775 g/mol. The van der Waals surface area contributed by atoms with E-state index in [0.29, 0.717) is 55.4 Å². The minimum absolute atomic E-state index is 0.0343. The van der Waals surface area contributed by atoms with Crippen LogP contribution in [0.2, 0.25) is 5.02 Å². The molecule has 1 spiro atoms. The number of rotatable bonds is 11. The summed E-state index contributed by atoms with van der Waals surface area (Å²) < 4.78 is 66.5. The molecule has 1 saturated heterocycles. The van der Waals surface area contributed by atoms with Crippen LogP contribution in [0.3, 0.4) is 0 Å². The molecule has 0 bridgehead atoms. The molecule has 1 amide bonds. The van der Waals surface area contributed by atoms with Crippen molar-refractivity contribution in [2.45, 2.75) is 113 Å². The number of halogens is 4. The molecule has 2 heterocycles. The van der Waals surface area contributed by atoms with E-state index in [1.54, 1.807) is 0 Å². The van der Waals surface area contributed by atoms with Crippen LogP contribution in [0.25, 0.3) is 0 Å². The van der Waals surface area contributed by atoms with Crippen molar-refractivity contribution in [1.29, 1.82) is 0 Å². The van der Waals surface area contributed by atoms with Crippen LogP contribution in [0.5, 0.6) is 11.5 Å². The Labute approximate surface area is 342 Å². The number of anilines is 1. The van der Waals surface area contributed by atoms with Gasteiger partial charge in [-0.2, -0.15) is 13.2 Å². The highest BCUT2D eigenvalue weighted by molar-refractivity contribution is 6.31. The van der Waals surface area contributed by atoms with Gasteiger partial charge in [0.1, 0.15) is 29.2 Å². The number of pyridine rings is 1. The minimum Gasteiger partial charge on any atom is -0.493 e. The first-order valence-corrected chi connectivity index (χ1v) is 20.5. The summed E-state index contributed by atoms with van der Waals surface area (Å²) in [6.45, 7) is 5.28. The maximum absolute atomic E-state index is 14.4. The number of nitrogens with one attached hydrogen (secondary N) is 1. The summed E-state index contributed by atoms with van der Waals surface area (Å²) in [5.41, 5.74) is 1.72. The number of esters is 2. The Balaban J connectivity index is 1.21. The number of carbonyl (C=O) groups excluding carboxylic acids is 3. The average molecular weight is 826 g/mol. The molecule has 0 unspecified atom stereocenters. The number of alkyl halides is 3. The van der Waals surface area contributed by atoms with Crippen LogP contribution in [0.15, 0.2) is 54.7 Å². The number of amides is 1. The van der Waals surface area contributed by atoms with Crippen LogP contribution in [0.4, 0.5) is 18.9 Å². The molecule has 1 saturated carbocycles. The van der Waals surface area contributed by atoms with Gasteiger partial charge in [-0.1, -0.05) is 37.6 Å². The molecule has 2 fully saturated rings. The molecule has 3 aromatic rings. The van der Waals surface area contributed by atoms with Crippen LogP contribution in [-0.2, 0) is 42.1 Å². The van der Waals surface area contributed by atoms with E-state index >= 15 is 0 Å². The zero-order valence-corrected chi connectivity index (χ0v) is 34.1. The summed E-state index contributed by atoms with van der Waals surface area (Å²) in [4.78, 5) is 44.7. The third kappa shape index (κ3) is 8.00. The highest BCUT2D eigenvalue weighted by atomic mass is 35.5. The molecule has 312 valence electrons. The average Bonchev–Trinajstić information content (AvgIpc) is 3.79. The van der Waals surface area contributed by atoms with Crippen molar-refractivity contribution in [1.82, 2.24) is 10.3 Å². The van der Waals surface area contributed by atoms with Crippen LogP contribution >= 0.6 is 11.6 Å². The van der Waals surface area contributed by atoms with Crippen molar-refractivity contribution in [3.63, 3.8) is 0 Å². The number of hydrogen-bond acceptors (Lipinski definition) is 9. The molecule has 3 aliphatic carbocycles. The first-order valence-electron chi connectivity index (χ1n) is 20.2. The van der Waals surface area contributed by atoms with Crippen molar-refractivity contribution in [3.05, 3.63) is 82.1 Å². The van der Waals surface area contributed by atoms with E-state index < -0.39 is 35.0 Å². The van der Waals surface area contributed by atoms with E-state index in [1.807, 2.05) is 30.5 Å². The fraction of sp³-hybridized carbons (Fsp3) is 0.545. The van der Waals surface area contributed by atoms with Crippen molar-refractivity contribution < 1.29 is 46.5 Å². The van der Waals surface area contributed by atoms with E-state index in [0.717, 1.165) is 55.4 Å². The van der Waals surface area contributed by atoms with Gasteiger partial charge in [-0.15, -0.1) is 0 Å². The van der Waals surface area contributed by atoms with Gasteiger partial charge in [-0.05, 0) is 128 Å². The second kappa shape index (κ2) is 16.7. The maximum atomic E-state index is 14.4. The van der Waals surface area contributed by atoms with E-state index in [9.17, 15) is 27.6 Å². The standard InChI is InChI=1S/C44H51ClF3N3O7/c1-26(25-57-37-13-18-49-35-10-5-7-27(2)38(35)37)19-29-20-28-11-12-32(58-33-23-36(50-24-33)39(52)55-3)22-34(28)42(29)14-16-43(17-15-42,41(54)56-4)51(40(53)44(46,47)48)31-9-6-8-30(45)21-31/h6,8-9,11-13,18,21-22,26-27,29,33,36,50H,5,7,10,14-17,19-20,23-25H2,1-4H3/t26-,27-,29+,33-,36-,42?,43?/m1/s1. The van der Waals surface area contributed by atoms with Gasteiger partial charge in [0, 0.05) is 41.1 Å². The van der Waals surface area contributed by atoms with Crippen LogP contribution in [0, 0.1) is 11.8 Å². The lowest BCUT2D eigenvalue weighted by Crippen LogP contribution is -2.63. The fourth-order valence-corrected chi connectivity index (χ4v) is 10.4. The lowest BCUT2D eigenvalue weighted by molar-refractivity contribution is -0.174. The molecule has 14 heteroatoms. The molecule has 1 aromatic heterocycles. The van der Waals surface area contributed by atoms with Gasteiger partial charge in [0.15, 0.2) is 0 Å². The molecule has 2 aromatic carbocycles. The Hall–Kier alpha value is -4.36. The normalized spacial score (nSPS) is 27.0. The largest absolute Gasteiger partial charge is 0.493 e. The second-order valence-corrected chi connectivity index (χ2v) is 17.0. The van der Waals surface area contributed by atoms with Crippen molar-refractivity contribution >= 4 is 35.1 Å². The molecule has 5 atom stereocenters. The third-order valence-corrected chi connectivity index (χ3v) is 13.2. The molecular formula is C44H51ClF3N3O7. The molecule has 1 aliphatic heterocycles. The second-order valence-electron chi connectivity index (χ2n) is 16.6. The minimum atomic E-state index is -5.28. The number of nitrogens with zero attached hydrogens (tertiary/aromatic N) is 2. The van der Waals surface area contributed by atoms with Gasteiger partial charge in [0.25, 0.3) is 0 Å². The summed E-state index contributed by atoms with van der Waals surface area (Å²) in [5, 5.41) is 3.27. The Morgan fingerprint density at radius 3 is 2.53 bits per heavy atom. The molecule has 0 radical (unpaired) electrons. The zero-order valence-electron chi connectivity index (χ0n) is 33.3. The summed E-state index contributed by atoms with van der Waals surface area (Å²) in [6.07, 6.45) is 1.65. The van der Waals surface area contributed by atoms with Crippen LogP contribution in [-0.4, -0.2) is 74.1 Å². The smallest absolute Gasteiger partial charge is 0.471 e. The predicted molar refractivity (Wildman–Crippen MR) is 211 cm³/mol. The number of methoxy groups -OCH3 is 2. The number of fused-ring (bicyclic) bond motifs is 3. The summed E-state index contributed by atoms with van der Waals surface area (Å²) in [5.74, 6) is -1.48. The third-order valence-electron chi connectivity index (χ3n) is 13.0. The molecule has 58 heavy (non-hydrogen) atoms.